The van der Waals surface area contributed by atoms with Gasteiger partial charge in [-0.2, -0.15) is 5.26 Å². The molecule has 0 bridgehead atoms. The fourth-order valence-electron chi connectivity index (χ4n) is 5.54. The van der Waals surface area contributed by atoms with E-state index in [0.717, 1.165) is 49.0 Å². The monoisotopic (exact) mass is 609 g/mol. The molecule has 11 nitrogen and oxygen atoms in total. The van der Waals surface area contributed by atoms with Crippen molar-refractivity contribution < 1.29 is 23.9 Å². The zero-order valence-corrected chi connectivity index (χ0v) is 27.1. The van der Waals surface area contributed by atoms with Crippen LogP contribution < -0.4 is 15.4 Å². The topological polar surface area (TPSA) is 146 Å². The molecule has 2 fully saturated rings. The van der Waals surface area contributed by atoms with E-state index >= 15 is 0 Å². The number of urea groups is 1. The quantitative estimate of drug-likeness (QED) is 0.213. The first-order valence-electron chi connectivity index (χ1n) is 15.8. The summed E-state index contributed by atoms with van der Waals surface area (Å²) in [6.07, 6.45) is 4.74. The Labute approximate surface area is 262 Å². The summed E-state index contributed by atoms with van der Waals surface area (Å²) in [5.74, 6) is 0.873. The van der Waals surface area contributed by atoms with Gasteiger partial charge < -0.3 is 35.3 Å². The second-order valence-electron chi connectivity index (χ2n) is 13.2. The van der Waals surface area contributed by atoms with Crippen LogP contribution in [0.2, 0.25) is 0 Å². The van der Waals surface area contributed by atoms with Crippen LogP contribution in [0.15, 0.2) is 18.2 Å². The van der Waals surface area contributed by atoms with E-state index in [-0.39, 0.29) is 30.1 Å². The van der Waals surface area contributed by atoms with Gasteiger partial charge in [0, 0.05) is 26.1 Å². The van der Waals surface area contributed by atoms with Crippen molar-refractivity contribution in [1.82, 2.24) is 20.4 Å². The Hall–Kier alpha value is -3.81. The lowest BCUT2D eigenvalue weighted by molar-refractivity contribution is -0.133. The van der Waals surface area contributed by atoms with E-state index in [1.54, 1.807) is 30.6 Å². The third-order valence-corrected chi connectivity index (χ3v) is 8.12. The molecule has 2 aliphatic rings. The molecule has 0 unspecified atom stereocenters. The first kappa shape index (κ1) is 34.7. The summed E-state index contributed by atoms with van der Waals surface area (Å²) in [5.41, 5.74) is 1.13. The van der Waals surface area contributed by atoms with Gasteiger partial charge in [0.25, 0.3) is 0 Å². The molecule has 242 valence electrons. The van der Waals surface area contributed by atoms with Crippen molar-refractivity contribution in [2.75, 3.05) is 26.2 Å². The Balaban J connectivity index is 1.50. The summed E-state index contributed by atoms with van der Waals surface area (Å²) >= 11 is 0. The number of aryl methyl sites for hydroxylation is 1. The molecule has 0 spiro atoms. The Kier molecular flexibility index (Phi) is 12.4. The highest BCUT2D eigenvalue weighted by molar-refractivity contribution is 6.00. The Morgan fingerprint density at radius 3 is 2.45 bits per heavy atom. The van der Waals surface area contributed by atoms with Crippen molar-refractivity contribution in [2.24, 2.45) is 11.8 Å². The normalized spacial score (nSPS) is 18.0. The maximum atomic E-state index is 13.5. The third kappa shape index (κ3) is 10.4. The SMILES string of the molecule is Cc1cc(OCCCC2CCN(C(=O)NC(=[N-])C(C)C)CC2)ccc1C[C@H](NC(=O)OC(C)(C)C)C(=O)N1CCC[C@H]1C#N. The molecular weight excluding hydrogens is 560 g/mol. The van der Waals surface area contributed by atoms with Crippen LogP contribution in [0.3, 0.4) is 0 Å². The molecule has 0 aromatic heterocycles. The van der Waals surface area contributed by atoms with E-state index in [9.17, 15) is 25.1 Å². The molecule has 2 atom stereocenters. The van der Waals surface area contributed by atoms with Crippen LogP contribution in [0, 0.1) is 30.1 Å². The minimum absolute atomic E-state index is 0.000802. The predicted molar refractivity (Wildman–Crippen MR) is 169 cm³/mol. The molecule has 3 rings (SSSR count). The van der Waals surface area contributed by atoms with Gasteiger partial charge in [0.1, 0.15) is 23.4 Å². The second kappa shape index (κ2) is 15.8. The van der Waals surface area contributed by atoms with Crippen molar-refractivity contribution in [2.45, 2.75) is 104 Å². The van der Waals surface area contributed by atoms with Gasteiger partial charge in [0.15, 0.2) is 0 Å². The maximum Gasteiger partial charge on any atom is 0.408 e. The number of amidine groups is 1. The van der Waals surface area contributed by atoms with Crippen LogP contribution in [0.1, 0.15) is 84.3 Å². The van der Waals surface area contributed by atoms with Crippen LogP contribution >= 0.6 is 0 Å². The largest absolute Gasteiger partial charge is 0.494 e. The van der Waals surface area contributed by atoms with Crippen LogP contribution in [-0.2, 0) is 16.0 Å². The number of piperidine rings is 1. The Bertz CT molecular complexity index is 1210. The number of hydrogen-bond donors (Lipinski definition) is 2. The van der Waals surface area contributed by atoms with Gasteiger partial charge in [-0.3, -0.25) is 9.59 Å². The van der Waals surface area contributed by atoms with E-state index < -0.39 is 23.8 Å². The average molecular weight is 610 g/mol. The maximum absolute atomic E-state index is 13.5. The van der Waals surface area contributed by atoms with Gasteiger partial charge in [-0.05, 0) is 101 Å². The number of rotatable bonds is 10. The molecule has 2 aliphatic heterocycles. The Morgan fingerprint density at radius 2 is 1.84 bits per heavy atom. The molecule has 1 aromatic carbocycles. The number of ether oxygens (including phenoxy) is 2. The second-order valence-corrected chi connectivity index (χ2v) is 13.2. The lowest BCUT2D eigenvalue weighted by Crippen LogP contribution is -2.51. The van der Waals surface area contributed by atoms with Crippen molar-refractivity contribution >= 4 is 23.9 Å². The highest BCUT2D eigenvalue weighted by atomic mass is 16.6. The molecule has 0 radical (unpaired) electrons. The zero-order chi connectivity index (χ0) is 32.4. The van der Waals surface area contributed by atoms with E-state index in [0.29, 0.717) is 38.6 Å². The molecule has 4 amide bonds. The number of carbonyl (C=O) groups is 3. The minimum Gasteiger partial charge on any atom is -0.494 e. The number of nitriles is 1. The molecule has 2 saturated heterocycles. The molecule has 2 N–H and O–H groups in total. The van der Waals surface area contributed by atoms with Crippen LogP contribution in [0.5, 0.6) is 5.75 Å². The van der Waals surface area contributed by atoms with Crippen molar-refractivity contribution in [3.8, 4) is 11.8 Å². The summed E-state index contributed by atoms with van der Waals surface area (Å²) in [6.45, 7) is 13.3. The summed E-state index contributed by atoms with van der Waals surface area (Å²) in [6, 6.07) is 6.36. The van der Waals surface area contributed by atoms with Gasteiger partial charge >= 0.3 is 6.09 Å². The van der Waals surface area contributed by atoms with Gasteiger partial charge in [-0.1, -0.05) is 25.7 Å². The summed E-state index contributed by atoms with van der Waals surface area (Å²) in [7, 11) is 0. The van der Waals surface area contributed by atoms with Crippen molar-refractivity contribution in [3.05, 3.63) is 34.7 Å². The predicted octanol–water partition coefficient (Wildman–Crippen LogP) is 5.15. The summed E-state index contributed by atoms with van der Waals surface area (Å²) < 4.78 is 11.5. The fourth-order valence-corrected chi connectivity index (χ4v) is 5.54. The number of carbonyl (C=O) groups excluding carboxylic acids is 3. The molecule has 44 heavy (non-hydrogen) atoms. The molecule has 11 heteroatoms. The van der Waals surface area contributed by atoms with Gasteiger partial charge in [0.05, 0.1) is 12.7 Å². The fraction of sp³-hybridized carbons (Fsp3) is 0.667. The number of amides is 4. The lowest BCUT2D eigenvalue weighted by Gasteiger charge is -2.35. The van der Waals surface area contributed by atoms with Crippen LogP contribution in [-0.4, -0.2) is 77.6 Å². The average Bonchev–Trinajstić information content (AvgIpc) is 3.44. The minimum atomic E-state index is -0.860. The van der Waals surface area contributed by atoms with Crippen LogP contribution in [0.4, 0.5) is 9.59 Å². The number of hydrogen-bond acceptors (Lipinski definition) is 6. The number of alkyl carbamates (subject to hydrolysis) is 1. The number of likely N-dealkylation sites (tertiary alicyclic amines) is 2. The lowest BCUT2D eigenvalue weighted by atomic mass is 9.92. The first-order valence-corrected chi connectivity index (χ1v) is 15.8. The summed E-state index contributed by atoms with van der Waals surface area (Å²) in [4.78, 5) is 41.7. The molecule has 0 aliphatic carbocycles. The van der Waals surface area contributed by atoms with E-state index in [4.69, 9.17) is 9.47 Å². The van der Waals surface area contributed by atoms with Crippen molar-refractivity contribution in [3.63, 3.8) is 0 Å². The standard InChI is InChI=1S/C33H49N6O5/c1-22(2)29(35)37-31(41)38-16-13-24(14-17-38)9-8-18-43-27-12-11-25(23(3)19-27)20-28(36-32(42)44-33(4,5)6)30(40)39-15-7-10-26(39)21-34/h11-12,19,22,24,26,28H,7-10,13-18,20H2,1-6H3,(H2-,35,36,37,41,42)/q-1/t26-,28-/m0/s1. The summed E-state index contributed by atoms with van der Waals surface area (Å²) in [5, 5.41) is 24.7. The van der Waals surface area contributed by atoms with Gasteiger partial charge in [0.2, 0.25) is 11.9 Å². The number of nitrogens with one attached hydrogen (secondary N) is 2. The van der Waals surface area contributed by atoms with E-state index in [2.05, 4.69) is 16.7 Å². The van der Waals surface area contributed by atoms with Crippen molar-refractivity contribution in [1.29, 1.82) is 5.26 Å². The first-order chi connectivity index (χ1) is 20.8. The van der Waals surface area contributed by atoms with Gasteiger partial charge in [-0.25, -0.2) is 4.79 Å². The molecular formula is C33H49N6O5-. The highest BCUT2D eigenvalue weighted by Crippen LogP contribution is 2.24. The Morgan fingerprint density at radius 1 is 1.14 bits per heavy atom. The number of nitrogens with zero attached hydrogens (tertiary/aromatic N) is 4. The van der Waals surface area contributed by atoms with E-state index in [1.165, 1.54) is 0 Å². The molecule has 2 heterocycles. The molecule has 0 saturated carbocycles. The van der Waals surface area contributed by atoms with Gasteiger partial charge in [-0.15, -0.1) is 0 Å². The third-order valence-electron chi connectivity index (χ3n) is 8.12. The number of benzene rings is 1. The van der Waals surface area contributed by atoms with Crippen LogP contribution in [0.25, 0.3) is 5.41 Å². The smallest absolute Gasteiger partial charge is 0.408 e. The molecule has 1 aromatic rings. The van der Waals surface area contributed by atoms with E-state index in [1.807, 2.05) is 39.0 Å². The highest BCUT2D eigenvalue weighted by Gasteiger charge is 2.35. The zero-order valence-electron chi connectivity index (χ0n) is 27.1.